The minimum atomic E-state index is -3.29. The Bertz CT molecular complexity index is 489. The van der Waals surface area contributed by atoms with E-state index in [0.717, 1.165) is 38.4 Å². The van der Waals surface area contributed by atoms with Crippen molar-refractivity contribution in [2.75, 3.05) is 19.4 Å². The second-order valence-electron chi connectivity index (χ2n) is 6.16. The summed E-state index contributed by atoms with van der Waals surface area (Å²) in [6, 6.07) is -0.268. The van der Waals surface area contributed by atoms with Crippen molar-refractivity contribution in [2.24, 2.45) is 5.92 Å². The molecular formula is C13H22N2O4S. The number of amides is 1. The molecule has 0 aromatic rings. The molecule has 0 unspecified atom stereocenters. The molecule has 2 saturated heterocycles. The summed E-state index contributed by atoms with van der Waals surface area (Å²) >= 11 is 0. The maximum Gasteiger partial charge on any atom is 0.226 e. The fraction of sp³-hybridized carbons (Fsp3) is 0.923. The van der Waals surface area contributed by atoms with Crippen LogP contribution in [0, 0.1) is 5.92 Å². The van der Waals surface area contributed by atoms with Crippen molar-refractivity contribution in [3.05, 3.63) is 0 Å². The van der Waals surface area contributed by atoms with E-state index in [0.29, 0.717) is 13.2 Å². The van der Waals surface area contributed by atoms with Crippen LogP contribution in [0.15, 0.2) is 0 Å². The Morgan fingerprint density at radius 3 is 2.60 bits per heavy atom. The number of hydrogen-bond donors (Lipinski definition) is 1. The quantitative estimate of drug-likeness (QED) is 0.802. The van der Waals surface area contributed by atoms with Crippen molar-refractivity contribution in [1.29, 1.82) is 0 Å². The first kappa shape index (κ1) is 14.3. The van der Waals surface area contributed by atoms with Crippen LogP contribution in [0.25, 0.3) is 0 Å². The van der Waals surface area contributed by atoms with E-state index in [-0.39, 0.29) is 30.0 Å². The molecule has 2 aliphatic heterocycles. The number of rotatable bonds is 3. The Labute approximate surface area is 119 Å². The van der Waals surface area contributed by atoms with E-state index in [9.17, 15) is 13.2 Å². The summed E-state index contributed by atoms with van der Waals surface area (Å²) < 4.78 is 31.3. The van der Waals surface area contributed by atoms with Gasteiger partial charge in [-0.25, -0.2) is 13.1 Å². The third kappa shape index (κ3) is 2.71. The molecule has 1 amide bonds. The molecule has 3 aliphatic rings. The van der Waals surface area contributed by atoms with E-state index in [1.807, 2.05) is 4.90 Å². The first-order chi connectivity index (χ1) is 9.46. The summed E-state index contributed by atoms with van der Waals surface area (Å²) in [5, 5.41) is 0. The standard InChI is InChI=1S/C13H22N2O4S/c1-20(17,18)14-10-8-15(13(16)9-4-2-5-9)11-6-3-7-19-12(10)11/h9-12,14H,2-8H2,1H3/t10-,11-,12-/m1/s1. The molecule has 3 atom stereocenters. The molecule has 3 rings (SSSR count). The van der Waals surface area contributed by atoms with E-state index >= 15 is 0 Å². The van der Waals surface area contributed by atoms with Gasteiger partial charge in [-0.1, -0.05) is 6.42 Å². The van der Waals surface area contributed by atoms with Crippen LogP contribution >= 0.6 is 0 Å². The highest BCUT2D eigenvalue weighted by molar-refractivity contribution is 7.88. The lowest BCUT2D eigenvalue weighted by Crippen LogP contribution is -2.48. The second-order valence-corrected chi connectivity index (χ2v) is 7.94. The minimum Gasteiger partial charge on any atom is -0.374 e. The van der Waals surface area contributed by atoms with Crippen molar-refractivity contribution in [3.8, 4) is 0 Å². The molecular weight excluding hydrogens is 280 g/mol. The van der Waals surface area contributed by atoms with E-state index in [2.05, 4.69) is 4.72 Å². The molecule has 0 aromatic heterocycles. The number of ether oxygens (including phenoxy) is 1. The van der Waals surface area contributed by atoms with Crippen molar-refractivity contribution in [1.82, 2.24) is 9.62 Å². The fourth-order valence-corrected chi connectivity index (χ4v) is 4.24. The maximum atomic E-state index is 12.5. The Morgan fingerprint density at radius 2 is 2.00 bits per heavy atom. The summed E-state index contributed by atoms with van der Waals surface area (Å²) in [6.45, 7) is 1.09. The molecule has 1 N–H and O–H groups in total. The summed E-state index contributed by atoms with van der Waals surface area (Å²) in [7, 11) is -3.29. The smallest absolute Gasteiger partial charge is 0.226 e. The molecule has 6 nitrogen and oxygen atoms in total. The molecule has 114 valence electrons. The number of carbonyl (C=O) groups excluding carboxylic acids is 1. The summed E-state index contributed by atoms with van der Waals surface area (Å²) in [4.78, 5) is 14.4. The van der Waals surface area contributed by atoms with Crippen LogP contribution in [0.1, 0.15) is 32.1 Å². The van der Waals surface area contributed by atoms with E-state index in [1.54, 1.807) is 0 Å². The molecule has 2 heterocycles. The molecule has 0 aromatic carbocycles. The lowest BCUT2D eigenvalue weighted by molar-refractivity contribution is -0.141. The fourth-order valence-electron chi connectivity index (χ4n) is 3.48. The SMILES string of the molecule is CS(=O)(=O)N[C@@H]1CN(C(=O)C2CCC2)[C@@H]2CCCO[C@@H]21. The zero-order chi connectivity index (χ0) is 14.3. The normalized spacial score (nSPS) is 34.6. The van der Waals surface area contributed by atoms with Crippen molar-refractivity contribution in [3.63, 3.8) is 0 Å². The Balaban J connectivity index is 1.76. The molecule has 3 fully saturated rings. The lowest BCUT2D eigenvalue weighted by Gasteiger charge is -2.35. The molecule has 20 heavy (non-hydrogen) atoms. The molecule has 0 radical (unpaired) electrons. The van der Waals surface area contributed by atoms with Gasteiger partial charge in [-0.3, -0.25) is 4.79 Å². The van der Waals surface area contributed by atoms with Crippen LogP contribution in [0.3, 0.4) is 0 Å². The maximum absolute atomic E-state index is 12.5. The average Bonchev–Trinajstić information content (AvgIpc) is 2.64. The first-order valence-electron chi connectivity index (χ1n) is 7.35. The van der Waals surface area contributed by atoms with Crippen LogP contribution in [0.5, 0.6) is 0 Å². The van der Waals surface area contributed by atoms with Crippen LogP contribution in [-0.4, -0.2) is 56.8 Å². The van der Waals surface area contributed by atoms with E-state index in [4.69, 9.17) is 4.74 Å². The number of sulfonamides is 1. The van der Waals surface area contributed by atoms with Gasteiger partial charge >= 0.3 is 0 Å². The van der Waals surface area contributed by atoms with Gasteiger partial charge in [0.05, 0.1) is 24.4 Å². The molecule has 1 aliphatic carbocycles. The third-order valence-corrected chi connectivity index (χ3v) is 5.36. The van der Waals surface area contributed by atoms with Gasteiger partial charge in [0.15, 0.2) is 0 Å². The summed E-state index contributed by atoms with van der Waals surface area (Å²) in [5.41, 5.74) is 0. The van der Waals surface area contributed by atoms with Gasteiger partial charge < -0.3 is 9.64 Å². The van der Waals surface area contributed by atoms with Gasteiger partial charge in [-0.15, -0.1) is 0 Å². The number of carbonyl (C=O) groups is 1. The predicted molar refractivity (Wildman–Crippen MR) is 73.6 cm³/mol. The van der Waals surface area contributed by atoms with Gasteiger partial charge in [-0.05, 0) is 25.7 Å². The average molecular weight is 302 g/mol. The first-order valence-corrected chi connectivity index (χ1v) is 9.24. The zero-order valence-electron chi connectivity index (χ0n) is 11.7. The van der Waals surface area contributed by atoms with Gasteiger partial charge in [0.25, 0.3) is 0 Å². The van der Waals surface area contributed by atoms with E-state index in [1.165, 1.54) is 0 Å². The Hall–Kier alpha value is -0.660. The van der Waals surface area contributed by atoms with Gasteiger partial charge in [0, 0.05) is 19.1 Å². The summed E-state index contributed by atoms with van der Waals surface area (Å²) in [5.74, 6) is 0.337. The zero-order valence-corrected chi connectivity index (χ0v) is 12.6. The van der Waals surface area contributed by atoms with Crippen LogP contribution in [0.2, 0.25) is 0 Å². The highest BCUT2D eigenvalue weighted by Crippen LogP contribution is 2.35. The summed E-state index contributed by atoms with van der Waals surface area (Å²) in [6.07, 6.45) is 5.87. The van der Waals surface area contributed by atoms with Crippen molar-refractivity contribution in [2.45, 2.75) is 50.3 Å². The Kier molecular flexibility index (Phi) is 3.77. The molecule has 0 bridgehead atoms. The molecule has 0 spiro atoms. The van der Waals surface area contributed by atoms with Crippen molar-refractivity contribution < 1.29 is 17.9 Å². The predicted octanol–water partition coefficient (Wildman–Crippen LogP) is 0.0941. The Morgan fingerprint density at radius 1 is 1.25 bits per heavy atom. The number of likely N-dealkylation sites (tertiary alicyclic amines) is 1. The lowest BCUT2D eigenvalue weighted by atomic mass is 9.84. The second kappa shape index (κ2) is 5.27. The topological polar surface area (TPSA) is 75.7 Å². The highest BCUT2D eigenvalue weighted by atomic mass is 32.2. The number of nitrogens with one attached hydrogen (secondary N) is 1. The minimum absolute atomic E-state index is 0.0381. The van der Waals surface area contributed by atoms with Crippen molar-refractivity contribution >= 4 is 15.9 Å². The molecule has 1 saturated carbocycles. The number of nitrogens with zero attached hydrogens (tertiary/aromatic N) is 1. The molecule has 7 heteroatoms. The number of fused-ring (bicyclic) bond motifs is 1. The van der Waals surface area contributed by atoms with E-state index < -0.39 is 10.0 Å². The van der Waals surface area contributed by atoms with Gasteiger partial charge in [-0.2, -0.15) is 0 Å². The third-order valence-electron chi connectivity index (χ3n) is 4.63. The van der Waals surface area contributed by atoms with Crippen LogP contribution < -0.4 is 4.72 Å². The van der Waals surface area contributed by atoms with Gasteiger partial charge in [0.1, 0.15) is 0 Å². The highest BCUT2D eigenvalue weighted by Gasteiger charge is 2.48. The monoisotopic (exact) mass is 302 g/mol. The van der Waals surface area contributed by atoms with Crippen LogP contribution in [0.4, 0.5) is 0 Å². The number of hydrogen-bond acceptors (Lipinski definition) is 4. The van der Waals surface area contributed by atoms with Gasteiger partial charge in [0.2, 0.25) is 15.9 Å². The van der Waals surface area contributed by atoms with Crippen LogP contribution in [-0.2, 0) is 19.6 Å². The largest absolute Gasteiger partial charge is 0.374 e.